The van der Waals surface area contributed by atoms with Crippen LogP contribution in [0.1, 0.15) is 5.56 Å². The van der Waals surface area contributed by atoms with Crippen LogP contribution in [-0.4, -0.2) is 18.7 Å². The van der Waals surface area contributed by atoms with E-state index in [-0.39, 0.29) is 17.2 Å². The van der Waals surface area contributed by atoms with E-state index in [0.29, 0.717) is 5.75 Å². The molecule has 0 radical (unpaired) electrons. The second-order valence-corrected chi connectivity index (χ2v) is 4.58. The van der Waals surface area contributed by atoms with E-state index in [1.807, 2.05) is 0 Å². The molecule has 0 aliphatic rings. The third-order valence-electron chi connectivity index (χ3n) is 2.57. The lowest BCUT2D eigenvalue weighted by Crippen LogP contribution is -2.24. The van der Waals surface area contributed by atoms with Crippen LogP contribution < -0.4 is 10.2 Å². The summed E-state index contributed by atoms with van der Waals surface area (Å²) < 4.78 is 31.2. The van der Waals surface area contributed by atoms with Crippen molar-refractivity contribution >= 4 is 23.7 Å². The summed E-state index contributed by atoms with van der Waals surface area (Å²) in [5.74, 6) is -1.15. The van der Waals surface area contributed by atoms with Gasteiger partial charge < -0.3 is 4.74 Å². The van der Waals surface area contributed by atoms with Crippen molar-refractivity contribution in [2.75, 3.05) is 6.61 Å². The Labute approximate surface area is 130 Å². The Morgan fingerprint density at radius 2 is 1.95 bits per heavy atom. The molecule has 2 aromatic carbocycles. The maximum absolute atomic E-state index is 13.4. The molecule has 114 valence electrons. The van der Waals surface area contributed by atoms with Crippen molar-refractivity contribution in [1.29, 1.82) is 0 Å². The molecule has 0 bridgehead atoms. The maximum Gasteiger partial charge on any atom is 0.277 e. The predicted octanol–water partition coefficient (Wildman–Crippen LogP) is 3.15. The summed E-state index contributed by atoms with van der Waals surface area (Å²) in [7, 11) is 0. The number of nitrogens with one attached hydrogen (secondary N) is 1. The first-order valence-corrected chi connectivity index (χ1v) is 6.58. The highest BCUT2D eigenvalue weighted by Gasteiger charge is 2.05. The molecule has 2 rings (SSSR count). The Kier molecular flexibility index (Phi) is 5.43. The van der Waals surface area contributed by atoms with Gasteiger partial charge in [-0.1, -0.05) is 17.7 Å². The van der Waals surface area contributed by atoms with Gasteiger partial charge in [-0.2, -0.15) is 5.10 Å². The molecule has 0 fully saturated rings. The average Bonchev–Trinajstić information content (AvgIpc) is 2.50. The Bertz CT molecular complexity index is 670. The molecule has 0 heterocycles. The number of hydrazone groups is 1. The molecule has 0 saturated heterocycles. The minimum absolute atomic E-state index is 0.0731. The van der Waals surface area contributed by atoms with E-state index in [1.165, 1.54) is 42.5 Å². The first kappa shape index (κ1) is 15.9. The van der Waals surface area contributed by atoms with Crippen LogP contribution in [0.15, 0.2) is 47.6 Å². The molecule has 7 heteroatoms. The van der Waals surface area contributed by atoms with Crippen molar-refractivity contribution in [2.24, 2.45) is 5.10 Å². The number of hydrogen-bond acceptors (Lipinski definition) is 3. The summed E-state index contributed by atoms with van der Waals surface area (Å²) in [6, 6.07) is 9.41. The van der Waals surface area contributed by atoms with Gasteiger partial charge >= 0.3 is 0 Å². The SMILES string of the molecule is O=C(COc1ccc(F)cc1)N/N=C\c1c(F)cccc1Cl. The predicted molar refractivity (Wildman–Crippen MR) is 79.0 cm³/mol. The monoisotopic (exact) mass is 324 g/mol. The van der Waals surface area contributed by atoms with Crippen LogP contribution in [0.4, 0.5) is 8.78 Å². The molecular formula is C15H11ClF2N2O2. The summed E-state index contributed by atoms with van der Waals surface area (Å²) in [6.45, 7) is -0.312. The zero-order chi connectivity index (χ0) is 15.9. The summed E-state index contributed by atoms with van der Waals surface area (Å²) in [5, 5.41) is 3.78. The Morgan fingerprint density at radius 3 is 2.64 bits per heavy atom. The topological polar surface area (TPSA) is 50.7 Å². The van der Waals surface area contributed by atoms with Crippen molar-refractivity contribution in [2.45, 2.75) is 0 Å². The number of halogens is 3. The van der Waals surface area contributed by atoms with Crippen LogP contribution in [0.25, 0.3) is 0 Å². The van der Waals surface area contributed by atoms with Gasteiger partial charge in [-0.15, -0.1) is 0 Å². The molecule has 1 amide bonds. The highest BCUT2D eigenvalue weighted by atomic mass is 35.5. The maximum atomic E-state index is 13.4. The summed E-state index contributed by atoms with van der Waals surface area (Å²) in [4.78, 5) is 11.5. The molecule has 0 aliphatic heterocycles. The lowest BCUT2D eigenvalue weighted by atomic mass is 10.2. The number of carbonyl (C=O) groups is 1. The van der Waals surface area contributed by atoms with Gasteiger partial charge in [0.25, 0.3) is 5.91 Å². The number of carbonyl (C=O) groups excluding carboxylic acids is 1. The van der Waals surface area contributed by atoms with Gasteiger partial charge in [0.15, 0.2) is 6.61 Å². The summed E-state index contributed by atoms with van der Waals surface area (Å²) >= 11 is 5.80. The quantitative estimate of drug-likeness (QED) is 0.678. The molecule has 0 atom stereocenters. The van der Waals surface area contributed by atoms with E-state index in [0.717, 1.165) is 6.21 Å². The zero-order valence-corrected chi connectivity index (χ0v) is 12.0. The molecule has 0 aliphatic carbocycles. The van der Waals surface area contributed by atoms with Gasteiger partial charge in [0, 0.05) is 5.56 Å². The average molecular weight is 325 g/mol. The molecule has 0 spiro atoms. The number of amides is 1. The summed E-state index contributed by atoms with van der Waals surface area (Å²) in [6.07, 6.45) is 1.10. The number of rotatable bonds is 5. The first-order chi connectivity index (χ1) is 10.6. The Hall–Kier alpha value is -2.47. The minimum Gasteiger partial charge on any atom is -0.484 e. The molecule has 2 aromatic rings. The van der Waals surface area contributed by atoms with Crippen molar-refractivity contribution in [3.05, 3.63) is 64.7 Å². The van der Waals surface area contributed by atoms with E-state index in [4.69, 9.17) is 16.3 Å². The fourth-order valence-corrected chi connectivity index (χ4v) is 1.73. The molecule has 22 heavy (non-hydrogen) atoms. The Morgan fingerprint density at radius 1 is 1.23 bits per heavy atom. The molecule has 0 aromatic heterocycles. The van der Waals surface area contributed by atoms with Crippen molar-refractivity contribution in [3.8, 4) is 5.75 Å². The van der Waals surface area contributed by atoms with Crippen LogP contribution in [-0.2, 0) is 4.79 Å². The minimum atomic E-state index is -0.548. The standard InChI is InChI=1S/C15H11ClF2N2O2/c16-13-2-1-3-14(18)12(13)8-19-20-15(21)9-22-11-6-4-10(17)5-7-11/h1-8H,9H2,(H,20,21)/b19-8-. The molecular weight excluding hydrogens is 314 g/mol. The largest absolute Gasteiger partial charge is 0.484 e. The lowest BCUT2D eigenvalue weighted by Gasteiger charge is -2.04. The Balaban J connectivity index is 1.85. The fourth-order valence-electron chi connectivity index (χ4n) is 1.51. The molecule has 0 saturated carbocycles. The van der Waals surface area contributed by atoms with Crippen LogP contribution >= 0.6 is 11.6 Å². The van der Waals surface area contributed by atoms with Gasteiger partial charge in [-0.05, 0) is 36.4 Å². The lowest BCUT2D eigenvalue weighted by molar-refractivity contribution is -0.123. The highest BCUT2D eigenvalue weighted by Crippen LogP contribution is 2.16. The van der Waals surface area contributed by atoms with Crippen LogP contribution in [0.5, 0.6) is 5.75 Å². The second kappa shape index (κ2) is 7.51. The van der Waals surface area contributed by atoms with Crippen molar-refractivity contribution in [3.63, 3.8) is 0 Å². The molecule has 4 nitrogen and oxygen atoms in total. The highest BCUT2D eigenvalue weighted by molar-refractivity contribution is 6.33. The molecule has 0 unspecified atom stereocenters. The van der Waals surface area contributed by atoms with Gasteiger partial charge in [0.2, 0.25) is 0 Å². The van der Waals surface area contributed by atoms with Gasteiger partial charge in [0.05, 0.1) is 11.2 Å². The smallest absolute Gasteiger partial charge is 0.277 e. The van der Waals surface area contributed by atoms with E-state index < -0.39 is 17.5 Å². The zero-order valence-electron chi connectivity index (χ0n) is 11.2. The van der Waals surface area contributed by atoms with Gasteiger partial charge in [-0.25, -0.2) is 14.2 Å². The van der Waals surface area contributed by atoms with E-state index in [2.05, 4.69) is 10.5 Å². The third kappa shape index (κ3) is 4.53. The van der Waals surface area contributed by atoms with Crippen LogP contribution in [0, 0.1) is 11.6 Å². The van der Waals surface area contributed by atoms with Crippen molar-refractivity contribution in [1.82, 2.24) is 5.43 Å². The van der Waals surface area contributed by atoms with Crippen LogP contribution in [0.3, 0.4) is 0 Å². The summed E-state index contributed by atoms with van der Waals surface area (Å²) in [5.41, 5.74) is 2.25. The van der Waals surface area contributed by atoms with Crippen molar-refractivity contribution < 1.29 is 18.3 Å². The first-order valence-electron chi connectivity index (χ1n) is 6.20. The van der Waals surface area contributed by atoms with Gasteiger partial charge in [-0.3, -0.25) is 4.79 Å². The van der Waals surface area contributed by atoms with E-state index in [9.17, 15) is 13.6 Å². The third-order valence-corrected chi connectivity index (χ3v) is 2.90. The normalized spacial score (nSPS) is 10.7. The fraction of sp³-hybridized carbons (Fsp3) is 0.0667. The van der Waals surface area contributed by atoms with Crippen LogP contribution in [0.2, 0.25) is 5.02 Å². The number of ether oxygens (including phenoxy) is 1. The molecule has 1 N–H and O–H groups in total. The number of hydrogen-bond donors (Lipinski definition) is 1. The van der Waals surface area contributed by atoms with Gasteiger partial charge in [0.1, 0.15) is 17.4 Å². The van der Waals surface area contributed by atoms with E-state index >= 15 is 0 Å². The number of nitrogens with zero attached hydrogens (tertiary/aromatic N) is 1. The van der Waals surface area contributed by atoms with E-state index in [1.54, 1.807) is 0 Å². The second-order valence-electron chi connectivity index (χ2n) is 4.17. The number of benzene rings is 2.